The Labute approximate surface area is 141 Å². The molecule has 0 fully saturated rings. The van der Waals surface area contributed by atoms with Crippen LogP contribution in [0, 0.1) is 0 Å². The summed E-state index contributed by atoms with van der Waals surface area (Å²) in [6.45, 7) is 0. The summed E-state index contributed by atoms with van der Waals surface area (Å²) in [5.74, 6) is -0.179. The van der Waals surface area contributed by atoms with E-state index in [0.717, 1.165) is 5.69 Å². The fourth-order valence-corrected chi connectivity index (χ4v) is 2.78. The van der Waals surface area contributed by atoms with E-state index in [4.69, 9.17) is 4.74 Å². The van der Waals surface area contributed by atoms with Crippen molar-refractivity contribution in [3.63, 3.8) is 0 Å². The van der Waals surface area contributed by atoms with Gasteiger partial charge in [-0.15, -0.1) is 11.3 Å². The minimum Gasteiger partial charge on any atom is -0.496 e. The first-order chi connectivity index (χ1) is 11.6. The average molecular weight is 342 g/mol. The van der Waals surface area contributed by atoms with Crippen LogP contribution in [0.4, 0.5) is 5.13 Å². The molecule has 24 heavy (non-hydrogen) atoms. The molecule has 3 aromatic rings. The number of rotatable bonds is 4. The van der Waals surface area contributed by atoms with Crippen LogP contribution in [0.15, 0.2) is 46.8 Å². The van der Waals surface area contributed by atoms with Gasteiger partial charge in [-0.1, -0.05) is 6.07 Å². The van der Waals surface area contributed by atoms with Crippen molar-refractivity contribution >= 4 is 22.4 Å². The predicted molar refractivity (Wildman–Crippen MR) is 91.5 cm³/mol. The Hall–Kier alpha value is -3.00. The van der Waals surface area contributed by atoms with Crippen molar-refractivity contribution in [2.45, 2.75) is 0 Å². The van der Waals surface area contributed by atoms with Gasteiger partial charge in [-0.05, 0) is 12.1 Å². The molecular weight excluding hydrogens is 328 g/mol. The van der Waals surface area contributed by atoms with Crippen LogP contribution in [0.1, 0.15) is 10.4 Å². The Bertz CT molecular complexity index is 934. The monoisotopic (exact) mass is 342 g/mol. The lowest BCUT2D eigenvalue weighted by molar-refractivity contribution is 0.102. The molecule has 0 aromatic carbocycles. The zero-order valence-corrected chi connectivity index (χ0v) is 13.8. The van der Waals surface area contributed by atoms with Crippen molar-refractivity contribution in [2.75, 3.05) is 12.4 Å². The molecule has 3 heterocycles. The van der Waals surface area contributed by atoms with E-state index >= 15 is 0 Å². The Morgan fingerprint density at radius 3 is 2.88 bits per heavy atom. The second kappa shape index (κ2) is 6.63. The number of hydrogen-bond acceptors (Lipinski definition) is 6. The van der Waals surface area contributed by atoms with Crippen LogP contribution >= 0.6 is 11.3 Å². The van der Waals surface area contributed by atoms with E-state index in [2.05, 4.69) is 15.3 Å². The molecule has 3 rings (SSSR count). The molecule has 0 aliphatic rings. The molecule has 0 radical (unpaired) electrons. The van der Waals surface area contributed by atoms with Crippen molar-refractivity contribution in [1.82, 2.24) is 14.5 Å². The maximum Gasteiger partial charge on any atom is 0.262 e. The van der Waals surface area contributed by atoms with Crippen molar-refractivity contribution < 1.29 is 9.53 Å². The second-order valence-electron chi connectivity index (χ2n) is 4.91. The summed E-state index contributed by atoms with van der Waals surface area (Å²) in [5.41, 5.74) is 1.42. The topological polar surface area (TPSA) is 86.1 Å². The lowest BCUT2D eigenvalue weighted by Crippen LogP contribution is -2.21. The first-order valence-electron chi connectivity index (χ1n) is 7.01. The van der Waals surface area contributed by atoms with Gasteiger partial charge < -0.3 is 9.30 Å². The highest BCUT2D eigenvalue weighted by atomic mass is 32.1. The van der Waals surface area contributed by atoms with Crippen molar-refractivity contribution in [3.05, 3.63) is 58.0 Å². The quantitative estimate of drug-likeness (QED) is 0.785. The Kier molecular flexibility index (Phi) is 4.39. The number of carbonyl (C=O) groups is 1. The fourth-order valence-electron chi connectivity index (χ4n) is 2.08. The number of anilines is 1. The van der Waals surface area contributed by atoms with E-state index in [-0.39, 0.29) is 16.9 Å². The van der Waals surface area contributed by atoms with Crippen molar-refractivity contribution in [2.24, 2.45) is 7.05 Å². The van der Waals surface area contributed by atoms with Gasteiger partial charge in [0.25, 0.3) is 11.5 Å². The number of aryl methyl sites for hydroxylation is 1. The summed E-state index contributed by atoms with van der Waals surface area (Å²) in [6, 6.07) is 6.81. The normalized spacial score (nSPS) is 10.4. The number of carbonyl (C=O) groups excluding carboxylic acids is 1. The summed E-state index contributed by atoms with van der Waals surface area (Å²) in [4.78, 5) is 32.7. The van der Waals surface area contributed by atoms with Gasteiger partial charge in [-0.25, -0.2) is 4.98 Å². The molecule has 0 saturated carbocycles. The predicted octanol–water partition coefficient (Wildman–Crippen LogP) is 2.16. The molecule has 0 unspecified atom stereocenters. The molecule has 0 saturated heterocycles. The molecule has 1 amide bonds. The van der Waals surface area contributed by atoms with Gasteiger partial charge in [0.05, 0.1) is 18.4 Å². The first-order valence-corrected chi connectivity index (χ1v) is 7.89. The highest BCUT2D eigenvalue weighted by molar-refractivity contribution is 7.14. The zero-order chi connectivity index (χ0) is 17.1. The summed E-state index contributed by atoms with van der Waals surface area (Å²) in [5, 5.41) is 4.97. The molecule has 0 bridgehead atoms. The maximum absolute atomic E-state index is 12.4. The minimum atomic E-state index is -0.399. The second-order valence-corrected chi connectivity index (χ2v) is 5.77. The largest absolute Gasteiger partial charge is 0.496 e. The van der Waals surface area contributed by atoms with E-state index in [1.807, 2.05) is 23.6 Å². The SMILES string of the molecule is COc1cc(=O)n(C)cc1C(=O)Nc1nc(-c2ccccn2)cs1. The number of nitrogens with zero attached hydrogens (tertiary/aromatic N) is 3. The highest BCUT2D eigenvalue weighted by Crippen LogP contribution is 2.24. The number of hydrogen-bond donors (Lipinski definition) is 1. The van der Waals surface area contributed by atoms with Gasteiger partial charge in [-0.2, -0.15) is 0 Å². The minimum absolute atomic E-state index is 0.220. The molecule has 122 valence electrons. The number of methoxy groups -OCH3 is 1. The average Bonchev–Trinajstić information content (AvgIpc) is 3.06. The maximum atomic E-state index is 12.4. The number of pyridine rings is 2. The number of aromatic nitrogens is 3. The molecule has 7 nitrogen and oxygen atoms in total. The van der Waals surface area contributed by atoms with Gasteiger partial charge in [0, 0.05) is 30.9 Å². The Morgan fingerprint density at radius 2 is 2.17 bits per heavy atom. The van der Waals surface area contributed by atoms with Gasteiger partial charge >= 0.3 is 0 Å². The van der Waals surface area contributed by atoms with E-state index in [0.29, 0.717) is 10.8 Å². The van der Waals surface area contributed by atoms with E-state index in [1.165, 1.54) is 35.3 Å². The molecule has 3 aromatic heterocycles. The van der Waals surface area contributed by atoms with E-state index in [9.17, 15) is 9.59 Å². The third-order valence-electron chi connectivity index (χ3n) is 3.31. The molecule has 0 atom stereocenters. The van der Waals surface area contributed by atoms with Crippen LogP contribution in [-0.2, 0) is 7.05 Å². The zero-order valence-electron chi connectivity index (χ0n) is 13.0. The van der Waals surface area contributed by atoms with Crippen LogP contribution in [0.25, 0.3) is 11.4 Å². The molecule has 0 aliphatic carbocycles. The lowest BCUT2D eigenvalue weighted by Gasteiger charge is -2.09. The van der Waals surface area contributed by atoms with Crippen LogP contribution in [0.2, 0.25) is 0 Å². The molecule has 8 heteroatoms. The third-order valence-corrected chi connectivity index (χ3v) is 4.06. The summed E-state index contributed by atoms with van der Waals surface area (Å²) >= 11 is 1.30. The summed E-state index contributed by atoms with van der Waals surface area (Å²) in [7, 11) is 2.98. The van der Waals surface area contributed by atoms with Crippen molar-refractivity contribution in [3.8, 4) is 17.1 Å². The van der Waals surface area contributed by atoms with Crippen LogP contribution in [0.3, 0.4) is 0 Å². The lowest BCUT2D eigenvalue weighted by atomic mass is 10.2. The number of thiazole rings is 1. The van der Waals surface area contributed by atoms with Crippen LogP contribution < -0.4 is 15.6 Å². The standard InChI is InChI=1S/C16H14N4O3S/c1-20-8-10(13(23-2)7-14(20)21)15(22)19-16-18-12(9-24-16)11-5-3-4-6-17-11/h3-9H,1-2H3,(H,18,19,22). The molecule has 0 aliphatic heterocycles. The first kappa shape index (κ1) is 15.9. The Morgan fingerprint density at radius 1 is 1.33 bits per heavy atom. The number of nitrogens with one attached hydrogen (secondary N) is 1. The smallest absolute Gasteiger partial charge is 0.262 e. The van der Waals surface area contributed by atoms with Crippen molar-refractivity contribution in [1.29, 1.82) is 0 Å². The van der Waals surface area contributed by atoms with Gasteiger partial charge in [0.2, 0.25) is 0 Å². The van der Waals surface area contributed by atoms with Crippen LogP contribution in [0.5, 0.6) is 5.75 Å². The van der Waals surface area contributed by atoms with Crippen LogP contribution in [-0.4, -0.2) is 27.6 Å². The summed E-state index contributed by atoms with van der Waals surface area (Å²) < 4.78 is 6.43. The van der Waals surface area contributed by atoms with Gasteiger partial charge in [0.1, 0.15) is 11.4 Å². The number of amides is 1. The third kappa shape index (κ3) is 3.18. The Balaban J connectivity index is 1.85. The highest BCUT2D eigenvalue weighted by Gasteiger charge is 2.16. The molecule has 0 spiro atoms. The fraction of sp³-hybridized carbons (Fsp3) is 0.125. The van der Waals surface area contributed by atoms with E-state index in [1.54, 1.807) is 13.2 Å². The molecular formula is C16H14N4O3S. The molecule has 1 N–H and O–H groups in total. The van der Waals surface area contributed by atoms with Gasteiger partial charge in [0.15, 0.2) is 5.13 Å². The van der Waals surface area contributed by atoms with E-state index < -0.39 is 5.91 Å². The summed E-state index contributed by atoms with van der Waals surface area (Å²) in [6.07, 6.45) is 3.12. The number of ether oxygens (including phenoxy) is 1. The van der Waals surface area contributed by atoms with Gasteiger partial charge in [-0.3, -0.25) is 19.9 Å².